The molecule has 98 valence electrons. The number of fused-ring (bicyclic) bond motifs is 1. The summed E-state index contributed by atoms with van der Waals surface area (Å²) in [4.78, 5) is 2.23. The molecule has 3 atom stereocenters. The first kappa shape index (κ1) is 12.1. The zero-order chi connectivity index (χ0) is 12.5. The fourth-order valence-corrected chi connectivity index (χ4v) is 3.37. The monoisotopic (exact) mass is 247 g/mol. The highest BCUT2D eigenvalue weighted by atomic mass is 16.3. The highest BCUT2D eigenvalue weighted by Crippen LogP contribution is 2.35. The van der Waals surface area contributed by atoms with E-state index in [0.717, 1.165) is 25.9 Å². The van der Waals surface area contributed by atoms with E-state index in [9.17, 15) is 5.11 Å². The predicted molar refractivity (Wildman–Crippen MR) is 70.8 cm³/mol. The van der Waals surface area contributed by atoms with Gasteiger partial charge in [0.1, 0.15) is 6.23 Å². The second-order valence-corrected chi connectivity index (χ2v) is 5.20. The van der Waals surface area contributed by atoms with Gasteiger partial charge in [-0.1, -0.05) is 24.3 Å². The van der Waals surface area contributed by atoms with Crippen LogP contribution in [0.5, 0.6) is 0 Å². The zero-order valence-corrected chi connectivity index (χ0v) is 10.5. The van der Waals surface area contributed by atoms with Gasteiger partial charge in [-0.2, -0.15) is 0 Å². The summed E-state index contributed by atoms with van der Waals surface area (Å²) in [6.45, 7) is 2.44. The largest absolute Gasteiger partial charge is 0.378 e. The first-order valence-electron chi connectivity index (χ1n) is 6.76. The van der Waals surface area contributed by atoms with Crippen LogP contribution in [-0.2, 0) is 6.54 Å². The minimum absolute atomic E-state index is 0.260. The maximum Gasteiger partial charge on any atom is 0.107 e. The van der Waals surface area contributed by atoms with E-state index in [1.807, 2.05) is 6.07 Å². The number of benzene rings is 1. The van der Waals surface area contributed by atoms with Crippen molar-refractivity contribution in [3.8, 4) is 0 Å². The second-order valence-electron chi connectivity index (χ2n) is 5.20. The standard InChI is InChI=1S/C14H21N3O/c15-9-10-3-1-2-4-11(10)14-12-5-6-13(18)17(12)8-7-16-14/h1-4,12-14,16,18H,5-9,15H2. The molecule has 0 bridgehead atoms. The Morgan fingerprint density at radius 3 is 3.00 bits per heavy atom. The molecule has 2 aliphatic rings. The average Bonchev–Trinajstić information content (AvgIpc) is 2.81. The SMILES string of the molecule is NCc1ccccc1C1NCCN2C(O)CCC12. The quantitative estimate of drug-likeness (QED) is 0.715. The predicted octanol–water partition coefficient (Wildman–Crippen LogP) is 0.572. The van der Waals surface area contributed by atoms with E-state index < -0.39 is 0 Å². The van der Waals surface area contributed by atoms with Crippen LogP contribution in [0.15, 0.2) is 24.3 Å². The van der Waals surface area contributed by atoms with Crippen molar-refractivity contribution in [2.45, 2.75) is 37.7 Å². The summed E-state index contributed by atoms with van der Waals surface area (Å²) in [5, 5.41) is 13.6. The van der Waals surface area contributed by atoms with Crippen LogP contribution >= 0.6 is 0 Å². The lowest BCUT2D eigenvalue weighted by atomic mass is 9.92. The van der Waals surface area contributed by atoms with Gasteiger partial charge in [0.2, 0.25) is 0 Å². The van der Waals surface area contributed by atoms with Crippen LogP contribution in [0.1, 0.15) is 30.0 Å². The van der Waals surface area contributed by atoms with Gasteiger partial charge in [-0.25, -0.2) is 0 Å². The molecule has 2 saturated heterocycles. The smallest absolute Gasteiger partial charge is 0.107 e. The summed E-state index contributed by atoms with van der Waals surface area (Å²) in [5.74, 6) is 0. The van der Waals surface area contributed by atoms with Gasteiger partial charge in [0.15, 0.2) is 0 Å². The first-order chi connectivity index (χ1) is 8.81. The van der Waals surface area contributed by atoms with E-state index in [1.54, 1.807) is 0 Å². The van der Waals surface area contributed by atoms with Gasteiger partial charge in [0, 0.05) is 31.7 Å². The van der Waals surface area contributed by atoms with Crippen molar-refractivity contribution in [3.05, 3.63) is 35.4 Å². The molecule has 2 heterocycles. The third-order valence-corrected chi connectivity index (χ3v) is 4.26. The van der Waals surface area contributed by atoms with Gasteiger partial charge < -0.3 is 16.2 Å². The summed E-state index contributed by atoms with van der Waals surface area (Å²) < 4.78 is 0. The molecular formula is C14H21N3O. The van der Waals surface area contributed by atoms with Crippen molar-refractivity contribution in [1.82, 2.24) is 10.2 Å². The third-order valence-electron chi connectivity index (χ3n) is 4.26. The lowest BCUT2D eigenvalue weighted by Crippen LogP contribution is -2.52. The van der Waals surface area contributed by atoms with Crippen molar-refractivity contribution < 1.29 is 5.11 Å². The number of nitrogens with one attached hydrogen (secondary N) is 1. The molecule has 2 fully saturated rings. The van der Waals surface area contributed by atoms with Gasteiger partial charge in [-0.05, 0) is 24.0 Å². The van der Waals surface area contributed by atoms with Crippen molar-refractivity contribution in [2.24, 2.45) is 5.73 Å². The summed E-state index contributed by atoms with van der Waals surface area (Å²) in [7, 11) is 0. The second kappa shape index (κ2) is 4.97. The summed E-state index contributed by atoms with van der Waals surface area (Å²) in [5.41, 5.74) is 8.33. The maximum absolute atomic E-state index is 9.99. The fraction of sp³-hybridized carbons (Fsp3) is 0.571. The molecule has 0 spiro atoms. The van der Waals surface area contributed by atoms with Gasteiger partial charge in [-0.15, -0.1) is 0 Å². The number of hydrogen-bond donors (Lipinski definition) is 3. The Kier molecular flexibility index (Phi) is 3.35. The van der Waals surface area contributed by atoms with Crippen molar-refractivity contribution in [3.63, 3.8) is 0 Å². The summed E-state index contributed by atoms with van der Waals surface area (Å²) in [6, 6.07) is 9.07. The number of rotatable bonds is 2. The molecule has 0 aromatic heterocycles. The van der Waals surface area contributed by atoms with Crippen LogP contribution in [0.3, 0.4) is 0 Å². The normalized spacial score (nSPS) is 32.4. The van der Waals surface area contributed by atoms with Gasteiger partial charge in [0.05, 0.1) is 0 Å². The van der Waals surface area contributed by atoms with Crippen LogP contribution in [0.2, 0.25) is 0 Å². The Bertz CT molecular complexity index is 423. The molecule has 1 aromatic rings. The number of nitrogens with zero attached hydrogens (tertiary/aromatic N) is 1. The Labute approximate surface area is 108 Å². The maximum atomic E-state index is 9.99. The zero-order valence-electron chi connectivity index (χ0n) is 10.5. The number of aliphatic hydroxyl groups excluding tert-OH is 1. The lowest BCUT2D eigenvalue weighted by molar-refractivity contribution is -0.00455. The van der Waals surface area contributed by atoms with Crippen LogP contribution in [0, 0.1) is 0 Å². The number of hydrogen-bond acceptors (Lipinski definition) is 4. The van der Waals surface area contributed by atoms with Crippen LogP contribution in [-0.4, -0.2) is 35.4 Å². The topological polar surface area (TPSA) is 61.5 Å². The molecule has 1 aromatic carbocycles. The molecule has 3 rings (SSSR count). The summed E-state index contributed by atoms with van der Waals surface area (Å²) >= 11 is 0. The van der Waals surface area contributed by atoms with E-state index in [-0.39, 0.29) is 6.23 Å². The highest BCUT2D eigenvalue weighted by molar-refractivity contribution is 5.31. The molecule has 18 heavy (non-hydrogen) atoms. The molecule has 4 N–H and O–H groups in total. The summed E-state index contributed by atoms with van der Waals surface area (Å²) in [6.07, 6.45) is 1.68. The molecule has 3 unspecified atom stereocenters. The van der Waals surface area contributed by atoms with E-state index in [2.05, 4.69) is 28.4 Å². The van der Waals surface area contributed by atoms with E-state index in [4.69, 9.17) is 5.73 Å². The molecule has 0 saturated carbocycles. The number of aliphatic hydroxyl groups is 1. The Balaban J connectivity index is 1.91. The van der Waals surface area contributed by atoms with Crippen LogP contribution < -0.4 is 11.1 Å². The number of piperazine rings is 1. The average molecular weight is 247 g/mol. The van der Waals surface area contributed by atoms with Gasteiger partial charge >= 0.3 is 0 Å². The van der Waals surface area contributed by atoms with E-state index in [0.29, 0.717) is 18.6 Å². The molecule has 0 amide bonds. The molecule has 2 aliphatic heterocycles. The Hall–Kier alpha value is -0.940. The molecule has 0 radical (unpaired) electrons. The van der Waals surface area contributed by atoms with Crippen LogP contribution in [0.4, 0.5) is 0 Å². The van der Waals surface area contributed by atoms with Crippen LogP contribution in [0.25, 0.3) is 0 Å². The minimum atomic E-state index is -0.260. The lowest BCUT2D eigenvalue weighted by Gasteiger charge is -2.39. The van der Waals surface area contributed by atoms with Gasteiger partial charge in [0.25, 0.3) is 0 Å². The van der Waals surface area contributed by atoms with Gasteiger partial charge in [-0.3, -0.25) is 4.90 Å². The van der Waals surface area contributed by atoms with Crippen molar-refractivity contribution in [2.75, 3.05) is 13.1 Å². The minimum Gasteiger partial charge on any atom is -0.378 e. The molecule has 0 aliphatic carbocycles. The van der Waals surface area contributed by atoms with E-state index in [1.165, 1.54) is 11.1 Å². The van der Waals surface area contributed by atoms with Crippen molar-refractivity contribution >= 4 is 0 Å². The van der Waals surface area contributed by atoms with Crippen molar-refractivity contribution in [1.29, 1.82) is 0 Å². The van der Waals surface area contributed by atoms with E-state index >= 15 is 0 Å². The third kappa shape index (κ3) is 1.95. The number of nitrogens with two attached hydrogens (primary N) is 1. The Morgan fingerprint density at radius 1 is 1.33 bits per heavy atom. The molecular weight excluding hydrogens is 226 g/mol. The fourth-order valence-electron chi connectivity index (χ4n) is 3.37. The molecule has 4 nitrogen and oxygen atoms in total. The highest BCUT2D eigenvalue weighted by Gasteiger charge is 2.40. The molecule has 4 heteroatoms. The Morgan fingerprint density at radius 2 is 2.17 bits per heavy atom. The first-order valence-corrected chi connectivity index (χ1v) is 6.76.